The number of halogens is 1. The normalized spacial score (nSPS) is 25.0. The van der Waals surface area contributed by atoms with Gasteiger partial charge in [-0.3, -0.25) is 4.74 Å². The Morgan fingerprint density at radius 2 is 2.00 bits per heavy atom. The van der Waals surface area contributed by atoms with E-state index in [0.29, 0.717) is 6.42 Å². The Morgan fingerprint density at radius 1 is 1.30 bits per heavy atom. The van der Waals surface area contributed by atoms with Crippen molar-refractivity contribution in [3.63, 3.8) is 0 Å². The van der Waals surface area contributed by atoms with Crippen LogP contribution in [0.1, 0.15) is 38.7 Å². The van der Waals surface area contributed by atoms with Crippen LogP contribution >= 0.6 is 11.6 Å². The van der Waals surface area contributed by atoms with Gasteiger partial charge in [0.1, 0.15) is 6.10 Å². The van der Waals surface area contributed by atoms with Crippen LogP contribution in [0.25, 0.3) is 0 Å². The molecule has 0 aromatic heterocycles. The fourth-order valence-electron chi connectivity index (χ4n) is 2.82. The average molecular weight is 300 g/mol. The second kappa shape index (κ2) is 6.90. The van der Waals surface area contributed by atoms with Gasteiger partial charge in [0, 0.05) is 37.3 Å². The maximum atomic E-state index is 9.23. The third kappa shape index (κ3) is 3.34. The van der Waals surface area contributed by atoms with E-state index in [1.807, 2.05) is 24.3 Å². The molecular formula is C16H24ClO3+. The molecule has 20 heavy (non-hydrogen) atoms. The van der Waals surface area contributed by atoms with E-state index in [1.165, 1.54) is 0 Å². The first-order valence-corrected chi connectivity index (χ1v) is 7.76. The van der Waals surface area contributed by atoms with Crippen LogP contribution < -0.4 is 0 Å². The molecule has 0 bridgehead atoms. The van der Waals surface area contributed by atoms with E-state index in [1.54, 1.807) is 0 Å². The van der Waals surface area contributed by atoms with Gasteiger partial charge in [-0.15, -0.1) is 0 Å². The average Bonchev–Trinajstić information content (AvgIpc) is 2.81. The lowest BCUT2D eigenvalue weighted by Gasteiger charge is -2.20. The summed E-state index contributed by atoms with van der Waals surface area (Å²) in [7, 11) is 0. The molecule has 1 heterocycles. The number of aliphatic hydroxyl groups excluding tert-OH is 1. The Labute approximate surface area is 125 Å². The first kappa shape index (κ1) is 15.8. The topological polar surface area (TPSA) is 42.3 Å². The predicted octanol–water partition coefficient (Wildman–Crippen LogP) is 3.08. The molecule has 0 spiro atoms. The van der Waals surface area contributed by atoms with Gasteiger partial charge < -0.3 is 9.84 Å². The Bertz CT molecular complexity index is 431. The smallest absolute Gasteiger partial charge is 0.274 e. The van der Waals surface area contributed by atoms with Gasteiger partial charge in [-0.25, -0.2) is 0 Å². The third-order valence-electron chi connectivity index (χ3n) is 4.11. The van der Waals surface area contributed by atoms with Crippen LogP contribution in [-0.4, -0.2) is 34.4 Å². The lowest BCUT2D eigenvalue weighted by molar-refractivity contribution is -0.271. The van der Waals surface area contributed by atoms with E-state index < -0.39 is 0 Å². The summed E-state index contributed by atoms with van der Waals surface area (Å²) < 4.78 is 11.0. The molecule has 1 aliphatic heterocycles. The van der Waals surface area contributed by atoms with Gasteiger partial charge >= 0.3 is 0 Å². The molecule has 0 amide bonds. The molecule has 0 saturated carbocycles. The van der Waals surface area contributed by atoms with Crippen LogP contribution in [0, 0.1) is 0 Å². The predicted molar refractivity (Wildman–Crippen MR) is 81.1 cm³/mol. The van der Waals surface area contributed by atoms with Crippen LogP contribution in [0.5, 0.6) is 0 Å². The van der Waals surface area contributed by atoms with Crippen molar-refractivity contribution in [2.24, 2.45) is 0 Å². The van der Waals surface area contributed by atoms with Gasteiger partial charge in [-0.1, -0.05) is 43.6 Å². The summed E-state index contributed by atoms with van der Waals surface area (Å²) in [6.07, 6.45) is 3.18. The molecule has 1 aromatic carbocycles. The zero-order chi connectivity index (χ0) is 14.6. The van der Waals surface area contributed by atoms with Crippen LogP contribution in [0.2, 0.25) is 5.02 Å². The van der Waals surface area contributed by atoms with Crippen LogP contribution in [0.4, 0.5) is 0 Å². The maximum Gasteiger partial charge on any atom is 0.274 e. The van der Waals surface area contributed by atoms with E-state index in [9.17, 15) is 5.11 Å². The highest BCUT2D eigenvalue weighted by Gasteiger charge is 2.50. The number of aliphatic hydroxyl groups is 3. The van der Waals surface area contributed by atoms with E-state index in [0.717, 1.165) is 29.8 Å². The van der Waals surface area contributed by atoms with Gasteiger partial charge in [-0.2, -0.15) is 0 Å². The number of ether oxygens (including phenoxy) is 2. The van der Waals surface area contributed by atoms with Crippen molar-refractivity contribution >= 4 is 11.6 Å². The molecule has 1 aromatic rings. The van der Waals surface area contributed by atoms with E-state index >= 15 is 0 Å². The molecule has 2 rings (SSSR count). The monoisotopic (exact) mass is 299 g/mol. The van der Waals surface area contributed by atoms with Crippen molar-refractivity contribution in [1.82, 2.24) is 0 Å². The highest BCUT2D eigenvalue weighted by molar-refractivity contribution is 6.31. The Hall–Kier alpha value is -0.610. The van der Waals surface area contributed by atoms with Crippen molar-refractivity contribution in [1.29, 1.82) is 0 Å². The van der Waals surface area contributed by atoms with E-state index in [2.05, 4.69) is 13.8 Å². The SMILES string of the molecule is CCC1(CC)O[C@@H](CCO)[C@H](Cc2ccccc2Cl)[OH+]1. The summed E-state index contributed by atoms with van der Waals surface area (Å²) in [6.45, 7) is 4.32. The summed E-state index contributed by atoms with van der Waals surface area (Å²) in [4.78, 5) is 0. The number of hydrogen-bond acceptors (Lipinski definition) is 2. The van der Waals surface area contributed by atoms with Crippen molar-refractivity contribution in [2.75, 3.05) is 6.61 Å². The second-order valence-electron chi connectivity index (χ2n) is 5.31. The quantitative estimate of drug-likeness (QED) is 0.820. The molecule has 4 heteroatoms. The Kier molecular flexibility index (Phi) is 5.44. The fraction of sp³-hybridized carbons (Fsp3) is 0.625. The van der Waals surface area contributed by atoms with Crippen LogP contribution in [0.3, 0.4) is 0 Å². The minimum atomic E-state index is -0.383. The Balaban J connectivity index is 2.14. The van der Waals surface area contributed by atoms with Crippen molar-refractivity contribution < 1.29 is 14.6 Å². The lowest BCUT2D eigenvalue weighted by atomic mass is 10.0. The molecule has 1 fully saturated rings. The standard InChI is InChI=1S/C16H23ClO3/c1-3-16(4-2)19-14(9-10-18)15(20-16)11-12-7-5-6-8-13(12)17/h5-8,14-15,18H,3-4,9-11H2,1-2H3/p+1/t14-,15-/m0/s1. The molecule has 2 N–H and O–H groups in total. The van der Waals surface area contributed by atoms with Gasteiger partial charge in [-0.05, 0) is 11.6 Å². The van der Waals surface area contributed by atoms with Gasteiger partial charge in [0.15, 0.2) is 6.10 Å². The molecule has 112 valence electrons. The van der Waals surface area contributed by atoms with E-state index in [-0.39, 0.29) is 24.6 Å². The summed E-state index contributed by atoms with van der Waals surface area (Å²) in [5.41, 5.74) is 1.09. The van der Waals surface area contributed by atoms with Crippen LogP contribution in [-0.2, 0) is 11.2 Å². The number of benzene rings is 1. The minimum absolute atomic E-state index is 0.0174. The lowest BCUT2D eigenvalue weighted by Crippen LogP contribution is -2.33. The van der Waals surface area contributed by atoms with Crippen molar-refractivity contribution in [3.8, 4) is 0 Å². The van der Waals surface area contributed by atoms with Gasteiger partial charge in [0.05, 0.1) is 0 Å². The van der Waals surface area contributed by atoms with Gasteiger partial charge in [0.25, 0.3) is 5.79 Å². The molecule has 0 aliphatic carbocycles. The van der Waals surface area contributed by atoms with Crippen molar-refractivity contribution in [3.05, 3.63) is 34.9 Å². The van der Waals surface area contributed by atoms with Crippen molar-refractivity contribution in [2.45, 2.75) is 57.5 Å². The summed E-state index contributed by atoms with van der Waals surface area (Å²) in [5.74, 6) is -0.383. The molecular weight excluding hydrogens is 276 g/mol. The molecule has 0 unspecified atom stereocenters. The second-order valence-corrected chi connectivity index (χ2v) is 5.72. The molecule has 1 saturated heterocycles. The zero-order valence-corrected chi connectivity index (χ0v) is 12.9. The highest BCUT2D eigenvalue weighted by Crippen LogP contribution is 2.35. The largest absolute Gasteiger partial charge is 0.403 e. The van der Waals surface area contributed by atoms with E-state index in [4.69, 9.17) is 21.1 Å². The van der Waals surface area contributed by atoms with Crippen LogP contribution in [0.15, 0.2) is 24.3 Å². The molecule has 0 radical (unpaired) electrons. The number of rotatable bonds is 6. The fourth-order valence-corrected chi connectivity index (χ4v) is 3.03. The first-order chi connectivity index (χ1) is 9.64. The van der Waals surface area contributed by atoms with Gasteiger partial charge in [0.2, 0.25) is 0 Å². The summed E-state index contributed by atoms with van der Waals surface area (Å²) in [6, 6.07) is 7.86. The Morgan fingerprint density at radius 3 is 2.60 bits per heavy atom. The third-order valence-corrected chi connectivity index (χ3v) is 4.48. The molecule has 1 aliphatic rings. The number of hydrogen-bond donors (Lipinski definition) is 1. The summed E-state index contributed by atoms with van der Waals surface area (Å²) >= 11 is 6.23. The molecule has 2 atom stereocenters. The molecule has 3 nitrogen and oxygen atoms in total. The highest BCUT2D eigenvalue weighted by atomic mass is 35.5. The minimum Gasteiger partial charge on any atom is -0.403 e. The summed E-state index contributed by atoms with van der Waals surface area (Å²) in [5, 5.41) is 10.0. The first-order valence-electron chi connectivity index (χ1n) is 7.38. The maximum absolute atomic E-state index is 9.23. The zero-order valence-electron chi connectivity index (χ0n) is 12.2.